The Labute approximate surface area is 140 Å². The van der Waals surface area contributed by atoms with Crippen LogP contribution in [0.25, 0.3) is 0 Å². The Balaban J connectivity index is 1.94. The monoisotopic (exact) mass is 335 g/mol. The molecular formula is C17H18ClNO2S. The quantitative estimate of drug-likeness (QED) is 0.837. The second kappa shape index (κ2) is 8.11. The van der Waals surface area contributed by atoms with E-state index in [0.29, 0.717) is 17.2 Å². The van der Waals surface area contributed by atoms with Crippen LogP contribution < -0.4 is 10.1 Å². The molecule has 1 atom stereocenters. The maximum Gasteiger partial charge on any atom is 0.237 e. The average molecular weight is 336 g/mol. The summed E-state index contributed by atoms with van der Waals surface area (Å²) in [6, 6.07) is 15.0. The van der Waals surface area contributed by atoms with Gasteiger partial charge in [-0.05, 0) is 30.7 Å². The van der Waals surface area contributed by atoms with E-state index in [4.69, 9.17) is 16.3 Å². The molecule has 0 spiro atoms. The van der Waals surface area contributed by atoms with Gasteiger partial charge in [0.05, 0.1) is 18.0 Å². The van der Waals surface area contributed by atoms with Crippen LogP contribution in [-0.4, -0.2) is 18.3 Å². The zero-order valence-corrected chi connectivity index (χ0v) is 14.1. The Hall–Kier alpha value is -1.65. The maximum absolute atomic E-state index is 12.3. The summed E-state index contributed by atoms with van der Waals surface area (Å²) in [5.41, 5.74) is 1.71. The predicted octanol–water partition coefficient (Wildman–Crippen LogP) is 4.61. The largest absolute Gasteiger partial charge is 0.495 e. The van der Waals surface area contributed by atoms with E-state index in [1.165, 1.54) is 0 Å². The average Bonchev–Trinajstić information content (AvgIpc) is 2.54. The van der Waals surface area contributed by atoms with Crippen LogP contribution in [0.1, 0.15) is 12.5 Å². The highest BCUT2D eigenvalue weighted by Gasteiger charge is 2.15. The van der Waals surface area contributed by atoms with Crippen LogP contribution in [0, 0.1) is 0 Å². The summed E-state index contributed by atoms with van der Waals surface area (Å²) >= 11 is 7.67. The van der Waals surface area contributed by atoms with Gasteiger partial charge in [-0.2, -0.15) is 0 Å². The summed E-state index contributed by atoms with van der Waals surface area (Å²) in [4.78, 5) is 12.3. The van der Waals surface area contributed by atoms with Crippen LogP contribution in [0.15, 0.2) is 48.5 Å². The molecule has 2 aromatic carbocycles. The molecule has 0 aliphatic rings. The van der Waals surface area contributed by atoms with E-state index in [-0.39, 0.29) is 11.2 Å². The number of carbonyl (C=O) groups is 1. The number of nitrogens with one attached hydrogen (secondary N) is 1. The third-order valence-corrected chi connectivity index (χ3v) is 4.74. The van der Waals surface area contributed by atoms with Gasteiger partial charge in [-0.25, -0.2) is 0 Å². The lowest BCUT2D eigenvalue weighted by molar-refractivity contribution is -0.115. The van der Waals surface area contributed by atoms with Gasteiger partial charge in [0, 0.05) is 10.8 Å². The van der Waals surface area contributed by atoms with Crippen molar-refractivity contribution in [1.82, 2.24) is 0 Å². The minimum absolute atomic E-state index is 0.0541. The molecule has 1 amide bonds. The number of hydrogen-bond donors (Lipinski definition) is 1. The molecule has 2 aromatic rings. The maximum atomic E-state index is 12.3. The van der Waals surface area contributed by atoms with Crippen molar-refractivity contribution in [2.24, 2.45) is 0 Å². The molecule has 0 aliphatic heterocycles. The van der Waals surface area contributed by atoms with Crippen LogP contribution in [0.4, 0.5) is 5.69 Å². The van der Waals surface area contributed by atoms with Crippen LogP contribution in [0.5, 0.6) is 5.75 Å². The normalized spacial score (nSPS) is 11.8. The molecule has 0 radical (unpaired) electrons. The number of hydrogen-bond acceptors (Lipinski definition) is 3. The first-order valence-electron chi connectivity index (χ1n) is 6.90. The lowest BCUT2D eigenvalue weighted by Crippen LogP contribution is -2.22. The summed E-state index contributed by atoms with van der Waals surface area (Å²) in [7, 11) is 1.58. The standard InChI is InChI=1S/C17H18ClNO2S/c1-12(22-11-13-7-3-4-8-14(13)18)17(20)19-15-9-5-6-10-16(15)21-2/h3-10,12H,11H2,1-2H3,(H,19,20)/t12-/m0/s1. The van der Waals surface area contributed by atoms with Gasteiger partial charge in [0.25, 0.3) is 0 Å². The summed E-state index contributed by atoms with van der Waals surface area (Å²) in [5, 5.41) is 3.43. The summed E-state index contributed by atoms with van der Waals surface area (Å²) in [5.74, 6) is 1.29. The third kappa shape index (κ3) is 4.42. The number of anilines is 1. The molecule has 5 heteroatoms. The highest BCUT2D eigenvalue weighted by Crippen LogP contribution is 2.26. The van der Waals surface area contributed by atoms with Crippen LogP contribution >= 0.6 is 23.4 Å². The number of thioether (sulfide) groups is 1. The van der Waals surface area contributed by atoms with Crippen molar-refractivity contribution in [3.05, 3.63) is 59.1 Å². The van der Waals surface area contributed by atoms with Crippen molar-refractivity contribution >= 4 is 35.0 Å². The number of amides is 1. The molecule has 3 nitrogen and oxygen atoms in total. The molecule has 0 aromatic heterocycles. The highest BCUT2D eigenvalue weighted by atomic mass is 35.5. The van der Waals surface area contributed by atoms with Crippen LogP contribution in [0.3, 0.4) is 0 Å². The van der Waals surface area contributed by atoms with Crippen molar-refractivity contribution in [2.75, 3.05) is 12.4 Å². The molecule has 0 unspecified atom stereocenters. The fourth-order valence-electron chi connectivity index (χ4n) is 1.89. The van der Waals surface area contributed by atoms with Crippen LogP contribution in [0.2, 0.25) is 5.02 Å². The minimum atomic E-state index is -0.193. The number of ether oxygens (including phenoxy) is 1. The molecule has 0 saturated carbocycles. The van der Waals surface area contributed by atoms with Gasteiger partial charge < -0.3 is 10.1 Å². The number of benzene rings is 2. The Morgan fingerprint density at radius 3 is 2.64 bits per heavy atom. The number of halogens is 1. The Bertz CT molecular complexity index is 648. The Kier molecular flexibility index (Phi) is 6.16. The Morgan fingerprint density at radius 2 is 1.91 bits per heavy atom. The van der Waals surface area contributed by atoms with E-state index >= 15 is 0 Å². The van der Waals surface area contributed by atoms with Gasteiger partial charge in [-0.3, -0.25) is 4.79 Å². The minimum Gasteiger partial charge on any atom is -0.495 e. The smallest absolute Gasteiger partial charge is 0.237 e. The van der Waals surface area contributed by atoms with Gasteiger partial charge in [0.2, 0.25) is 5.91 Å². The highest BCUT2D eigenvalue weighted by molar-refractivity contribution is 7.99. The van der Waals surface area contributed by atoms with Gasteiger partial charge in [0.1, 0.15) is 5.75 Å². The molecule has 1 N–H and O–H groups in total. The molecule has 22 heavy (non-hydrogen) atoms. The first-order chi connectivity index (χ1) is 10.6. The molecule has 0 heterocycles. The molecule has 0 aliphatic carbocycles. The number of methoxy groups -OCH3 is 1. The van der Waals surface area contributed by atoms with E-state index < -0.39 is 0 Å². The van der Waals surface area contributed by atoms with E-state index in [9.17, 15) is 4.79 Å². The SMILES string of the molecule is COc1ccccc1NC(=O)[C@H](C)SCc1ccccc1Cl. The number of rotatable bonds is 6. The fraction of sp³-hybridized carbons (Fsp3) is 0.235. The molecule has 0 saturated heterocycles. The van der Waals surface area contributed by atoms with Gasteiger partial charge in [-0.1, -0.05) is 41.9 Å². The predicted molar refractivity (Wildman–Crippen MR) is 93.8 cm³/mol. The summed E-state index contributed by atoms with van der Waals surface area (Å²) in [6.45, 7) is 1.88. The van der Waals surface area contributed by atoms with Crippen molar-refractivity contribution in [3.8, 4) is 5.75 Å². The van der Waals surface area contributed by atoms with Crippen molar-refractivity contribution < 1.29 is 9.53 Å². The van der Waals surface area contributed by atoms with Crippen LogP contribution in [-0.2, 0) is 10.5 Å². The van der Waals surface area contributed by atoms with Crippen molar-refractivity contribution in [1.29, 1.82) is 0 Å². The van der Waals surface area contributed by atoms with Gasteiger partial charge in [-0.15, -0.1) is 11.8 Å². The molecule has 0 bridgehead atoms. The second-order valence-electron chi connectivity index (χ2n) is 4.73. The first-order valence-corrected chi connectivity index (χ1v) is 8.33. The van der Waals surface area contributed by atoms with E-state index in [2.05, 4.69) is 5.32 Å². The van der Waals surface area contributed by atoms with Gasteiger partial charge in [0.15, 0.2) is 0 Å². The Morgan fingerprint density at radius 1 is 1.23 bits per heavy atom. The summed E-state index contributed by atoms with van der Waals surface area (Å²) in [6.07, 6.45) is 0. The second-order valence-corrected chi connectivity index (χ2v) is 6.47. The lowest BCUT2D eigenvalue weighted by Gasteiger charge is -2.14. The molecule has 0 fully saturated rings. The lowest BCUT2D eigenvalue weighted by atomic mass is 10.2. The molecule has 116 valence electrons. The fourth-order valence-corrected chi connectivity index (χ4v) is 3.06. The number of para-hydroxylation sites is 2. The molecular weight excluding hydrogens is 318 g/mol. The number of carbonyl (C=O) groups excluding carboxylic acids is 1. The first kappa shape index (κ1) is 16.7. The molecule has 2 rings (SSSR count). The van der Waals surface area contributed by atoms with E-state index in [1.54, 1.807) is 18.9 Å². The topological polar surface area (TPSA) is 38.3 Å². The van der Waals surface area contributed by atoms with E-state index in [1.807, 2.05) is 55.5 Å². The van der Waals surface area contributed by atoms with Gasteiger partial charge >= 0.3 is 0 Å². The third-order valence-electron chi connectivity index (χ3n) is 3.18. The van der Waals surface area contributed by atoms with Crippen molar-refractivity contribution in [3.63, 3.8) is 0 Å². The zero-order chi connectivity index (χ0) is 15.9. The van der Waals surface area contributed by atoms with E-state index in [0.717, 1.165) is 10.6 Å². The van der Waals surface area contributed by atoms with Crippen molar-refractivity contribution in [2.45, 2.75) is 17.9 Å². The summed E-state index contributed by atoms with van der Waals surface area (Å²) < 4.78 is 5.23. The zero-order valence-electron chi connectivity index (χ0n) is 12.5.